The summed E-state index contributed by atoms with van der Waals surface area (Å²) in [5.74, 6) is 1.47. The van der Waals surface area contributed by atoms with Gasteiger partial charge in [0.05, 0.1) is 25.3 Å². The van der Waals surface area contributed by atoms with Crippen LogP contribution in [0.2, 0.25) is 0 Å². The molecule has 0 aliphatic carbocycles. The lowest BCUT2D eigenvalue weighted by Gasteiger charge is -2.33. The molecule has 1 aliphatic rings. The van der Waals surface area contributed by atoms with E-state index in [1.54, 1.807) is 13.3 Å². The number of esters is 1. The highest BCUT2D eigenvalue weighted by Gasteiger charge is 2.28. The zero-order valence-corrected chi connectivity index (χ0v) is 12.7. The average molecular weight is 293 g/mol. The molecule has 6 nitrogen and oxygen atoms in total. The fourth-order valence-electron chi connectivity index (χ4n) is 2.53. The molecule has 0 amide bonds. The number of piperidine rings is 1. The number of carbonyl (C=O) groups excluding carboxylic acids is 1. The third-order valence-corrected chi connectivity index (χ3v) is 3.55. The maximum Gasteiger partial charge on any atom is 0.310 e. The van der Waals surface area contributed by atoms with Crippen molar-refractivity contribution in [3.8, 4) is 0 Å². The van der Waals surface area contributed by atoms with Crippen molar-refractivity contribution in [2.75, 3.05) is 26.7 Å². The first kappa shape index (κ1) is 15.4. The standard InChI is InChI=1S/C15H23N3O3/c1-3-20-14(19)12-6-4-8-18(11-12)15(16-2)17-10-13-7-5-9-21-13/h5,7,9,12H,3-4,6,8,10-11H2,1-2H3,(H,16,17)/t12-/m0/s1. The molecule has 1 fully saturated rings. The minimum absolute atomic E-state index is 0.0686. The summed E-state index contributed by atoms with van der Waals surface area (Å²) < 4.78 is 10.4. The molecule has 0 unspecified atom stereocenters. The monoisotopic (exact) mass is 293 g/mol. The van der Waals surface area contributed by atoms with Gasteiger partial charge in [0.2, 0.25) is 0 Å². The molecule has 0 aromatic carbocycles. The Morgan fingerprint density at radius 2 is 2.48 bits per heavy atom. The fraction of sp³-hybridized carbons (Fsp3) is 0.600. The SMILES string of the molecule is CCOC(=O)[C@H]1CCCN(C(=NC)NCc2ccco2)C1. The number of likely N-dealkylation sites (tertiary alicyclic amines) is 1. The van der Waals surface area contributed by atoms with E-state index in [-0.39, 0.29) is 11.9 Å². The van der Waals surface area contributed by atoms with E-state index in [1.807, 2.05) is 19.1 Å². The number of hydrogen-bond acceptors (Lipinski definition) is 4. The third kappa shape index (κ3) is 4.24. The van der Waals surface area contributed by atoms with Crippen molar-refractivity contribution in [2.45, 2.75) is 26.3 Å². The van der Waals surface area contributed by atoms with E-state index in [1.165, 1.54) is 0 Å². The molecule has 1 aromatic rings. The molecule has 0 radical (unpaired) electrons. The van der Waals surface area contributed by atoms with Crippen LogP contribution in [0.4, 0.5) is 0 Å². The Morgan fingerprint density at radius 1 is 1.62 bits per heavy atom. The van der Waals surface area contributed by atoms with E-state index in [0.29, 0.717) is 19.7 Å². The second kappa shape index (κ2) is 7.71. The molecule has 1 aliphatic heterocycles. The lowest BCUT2D eigenvalue weighted by atomic mass is 9.98. The van der Waals surface area contributed by atoms with Gasteiger partial charge >= 0.3 is 5.97 Å². The van der Waals surface area contributed by atoms with Crippen LogP contribution in [0.1, 0.15) is 25.5 Å². The number of nitrogens with zero attached hydrogens (tertiary/aromatic N) is 2. The topological polar surface area (TPSA) is 67.1 Å². The van der Waals surface area contributed by atoms with Crippen LogP contribution in [0.15, 0.2) is 27.8 Å². The Bertz CT molecular complexity index is 471. The summed E-state index contributed by atoms with van der Waals surface area (Å²) >= 11 is 0. The third-order valence-electron chi connectivity index (χ3n) is 3.55. The summed E-state index contributed by atoms with van der Waals surface area (Å²) in [5, 5.41) is 3.26. The molecular weight excluding hydrogens is 270 g/mol. The van der Waals surface area contributed by atoms with Crippen LogP contribution in [-0.4, -0.2) is 43.6 Å². The van der Waals surface area contributed by atoms with Crippen molar-refractivity contribution in [1.29, 1.82) is 0 Å². The molecule has 6 heteroatoms. The van der Waals surface area contributed by atoms with Gasteiger partial charge < -0.3 is 19.4 Å². The summed E-state index contributed by atoms with van der Waals surface area (Å²) in [6.45, 7) is 4.40. The van der Waals surface area contributed by atoms with E-state index in [9.17, 15) is 4.79 Å². The molecule has 2 heterocycles. The van der Waals surface area contributed by atoms with Crippen molar-refractivity contribution in [1.82, 2.24) is 10.2 Å². The molecule has 0 spiro atoms. The van der Waals surface area contributed by atoms with E-state index in [0.717, 1.165) is 31.1 Å². The van der Waals surface area contributed by atoms with Gasteiger partial charge in [0.25, 0.3) is 0 Å². The van der Waals surface area contributed by atoms with Crippen LogP contribution in [0.25, 0.3) is 0 Å². The van der Waals surface area contributed by atoms with Crippen LogP contribution in [0.3, 0.4) is 0 Å². The number of rotatable bonds is 4. The number of nitrogens with one attached hydrogen (secondary N) is 1. The second-order valence-electron chi connectivity index (χ2n) is 5.02. The van der Waals surface area contributed by atoms with Gasteiger partial charge in [-0.2, -0.15) is 0 Å². The van der Waals surface area contributed by atoms with E-state index < -0.39 is 0 Å². The Kier molecular flexibility index (Phi) is 5.66. The first-order chi connectivity index (χ1) is 10.2. The highest BCUT2D eigenvalue weighted by molar-refractivity contribution is 5.81. The smallest absolute Gasteiger partial charge is 0.310 e. The van der Waals surface area contributed by atoms with Crippen molar-refractivity contribution < 1.29 is 13.9 Å². The van der Waals surface area contributed by atoms with Crippen molar-refractivity contribution in [3.05, 3.63) is 24.2 Å². The number of furan rings is 1. The van der Waals surface area contributed by atoms with Crippen molar-refractivity contribution in [2.24, 2.45) is 10.9 Å². The number of aliphatic imine (C=N–C) groups is 1. The van der Waals surface area contributed by atoms with E-state index in [2.05, 4.69) is 15.2 Å². The lowest BCUT2D eigenvalue weighted by Crippen LogP contribution is -2.48. The summed E-state index contributed by atoms with van der Waals surface area (Å²) in [4.78, 5) is 18.3. The molecule has 1 N–H and O–H groups in total. The van der Waals surface area contributed by atoms with E-state index in [4.69, 9.17) is 9.15 Å². The van der Waals surface area contributed by atoms with Gasteiger partial charge in [-0.3, -0.25) is 9.79 Å². The summed E-state index contributed by atoms with van der Waals surface area (Å²) in [6.07, 6.45) is 3.49. The molecule has 0 saturated carbocycles. The largest absolute Gasteiger partial charge is 0.467 e. The molecule has 1 atom stereocenters. The Balaban J connectivity index is 1.90. The maximum absolute atomic E-state index is 11.9. The van der Waals surface area contributed by atoms with Gasteiger partial charge in [-0.05, 0) is 31.9 Å². The molecule has 1 saturated heterocycles. The Hall–Kier alpha value is -1.98. The number of hydrogen-bond donors (Lipinski definition) is 1. The Labute approximate surface area is 125 Å². The normalized spacial score (nSPS) is 19.4. The van der Waals surface area contributed by atoms with Crippen LogP contribution in [0, 0.1) is 5.92 Å². The van der Waals surface area contributed by atoms with Gasteiger partial charge in [-0.1, -0.05) is 0 Å². The molecule has 2 rings (SSSR count). The van der Waals surface area contributed by atoms with Gasteiger partial charge in [-0.25, -0.2) is 0 Å². The van der Waals surface area contributed by atoms with Gasteiger partial charge in [0.1, 0.15) is 5.76 Å². The molecule has 1 aromatic heterocycles. The van der Waals surface area contributed by atoms with Crippen molar-refractivity contribution in [3.63, 3.8) is 0 Å². The van der Waals surface area contributed by atoms with Crippen molar-refractivity contribution >= 4 is 11.9 Å². The first-order valence-electron chi connectivity index (χ1n) is 7.39. The molecule has 116 valence electrons. The minimum atomic E-state index is -0.108. The predicted molar refractivity (Wildman–Crippen MR) is 79.8 cm³/mol. The molecular formula is C15H23N3O3. The van der Waals surface area contributed by atoms with Crippen LogP contribution < -0.4 is 5.32 Å². The highest BCUT2D eigenvalue weighted by Crippen LogP contribution is 2.18. The molecule has 21 heavy (non-hydrogen) atoms. The van der Waals surface area contributed by atoms with Crippen LogP contribution >= 0.6 is 0 Å². The van der Waals surface area contributed by atoms with Crippen LogP contribution in [0.5, 0.6) is 0 Å². The van der Waals surface area contributed by atoms with Crippen LogP contribution in [-0.2, 0) is 16.1 Å². The number of ether oxygens (including phenoxy) is 1. The van der Waals surface area contributed by atoms with Gasteiger partial charge in [-0.15, -0.1) is 0 Å². The predicted octanol–water partition coefficient (Wildman–Crippen LogP) is 1.63. The zero-order valence-electron chi connectivity index (χ0n) is 12.7. The fourth-order valence-corrected chi connectivity index (χ4v) is 2.53. The Morgan fingerprint density at radius 3 is 3.14 bits per heavy atom. The van der Waals surface area contributed by atoms with Gasteiger partial charge in [0, 0.05) is 20.1 Å². The minimum Gasteiger partial charge on any atom is -0.467 e. The number of carbonyl (C=O) groups is 1. The number of guanidine groups is 1. The highest BCUT2D eigenvalue weighted by atomic mass is 16.5. The lowest BCUT2D eigenvalue weighted by molar-refractivity contribution is -0.149. The zero-order chi connectivity index (χ0) is 15.1. The summed E-state index contributed by atoms with van der Waals surface area (Å²) in [5.41, 5.74) is 0. The summed E-state index contributed by atoms with van der Waals surface area (Å²) in [6, 6.07) is 3.77. The van der Waals surface area contributed by atoms with E-state index >= 15 is 0 Å². The molecule has 0 bridgehead atoms. The quantitative estimate of drug-likeness (QED) is 0.519. The summed E-state index contributed by atoms with van der Waals surface area (Å²) in [7, 11) is 1.75. The van der Waals surface area contributed by atoms with Gasteiger partial charge in [0.15, 0.2) is 5.96 Å². The maximum atomic E-state index is 11.9. The first-order valence-corrected chi connectivity index (χ1v) is 7.39. The second-order valence-corrected chi connectivity index (χ2v) is 5.02. The average Bonchev–Trinajstić information content (AvgIpc) is 3.02.